The predicted octanol–water partition coefficient (Wildman–Crippen LogP) is 3.60. The zero-order valence-corrected chi connectivity index (χ0v) is 24.5. The van der Waals surface area contributed by atoms with Gasteiger partial charge in [0.1, 0.15) is 0 Å². The fraction of sp³-hybridized carbons (Fsp3) is 0.533. The van der Waals surface area contributed by atoms with Crippen LogP contribution in [0.1, 0.15) is 45.1 Å². The third kappa shape index (κ3) is 6.32. The van der Waals surface area contributed by atoms with Crippen LogP contribution in [-0.4, -0.2) is 69.3 Å². The van der Waals surface area contributed by atoms with Crippen LogP contribution in [0.2, 0.25) is 5.02 Å². The van der Waals surface area contributed by atoms with Gasteiger partial charge in [-0.1, -0.05) is 24.9 Å². The fourth-order valence-corrected chi connectivity index (χ4v) is 7.13. The van der Waals surface area contributed by atoms with E-state index in [-0.39, 0.29) is 17.6 Å². The van der Waals surface area contributed by atoms with E-state index in [4.69, 9.17) is 16.6 Å². The molecular weight excluding hydrogens is 538 g/mol. The van der Waals surface area contributed by atoms with E-state index in [9.17, 15) is 4.79 Å². The molecule has 218 valence electrons. The number of hydrogen-bond donors (Lipinski definition) is 4. The van der Waals surface area contributed by atoms with E-state index >= 15 is 0 Å². The normalized spacial score (nSPS) is 29.2. The molecule has 41 heavy (non-hydrogen) atoms. The third-order valence-corrected chi connectivity index (χ3v) is 9.27. The first kappa shape index (κ1) is 28.2. The number of aromatic nitrogens is 4. The molecule has 0 amide bonds. The maximum absolute atomic E-state index is 13.8. The predicted molar refractivity (Wildman–Crippen MR) is 162 cm³/mol. The quantitative estimate of drug-likeness (QED) is 0.369. The van der Waals surface area contributed by atoms with E-state index in [1.807, 2.05) is 16.7 Å². The number of anilines is 2. The number of fused-ring (bicyclic) bond motifs is 4. The van der Waals surface area contributed by atoms with Gasteiger partial charge in [0.05, 0.1) is 23.8 Å². The number of nitrogens with one attached hydrogen (secondary N) is 4. The molecule has 6 rings (SSSR count). The average Bonchev–Trinajstić information content (AvgIpc) is 3.35. The van der Waals surface area contributed by atoms with E-state index in [2.05, 4.69) is 50.3 Å². The van der Waals surface area contributed by atoms with Gasteiger partial charge in [-0.05, 0) is 74.9 Å². The largest absolute Gasteiger partial charge is 0.324 e. The van der Waals surface area contributed by atoms with E-state index in [1.54, 1.807) is 36.9 Å². The molecule has 3 aliphatic rings. The van der Waals surface area contributed by atoms with Gasteiger partial charge in [-0.3, -0.25) is 14.8 Å². The molecule has 3 aliphatic heterocycles. The van der Waals surface area contributed by atoms with Crippen molar-refractivity contribution in [2.45, 2.75) is 63.2 Å². The Balaban J connectivity index is 1.30. The van der Waals surface area contributed by atoms with E-state index in [1.165, 1.54) is 0 Å². The van der Waals surface area contributed by atoms with Crippen LogP contribution >= 0.6 is 11.6 Å². The lowest BCUT2D eigenvalue weighted by atomic mass is 9.80. The van der Waals surface area contributed by atoms with Gasteiger partial charge in [-0.15, -0.1) is 0 Å². The van der Waals surface area contributed by atoms with Gasteiger partial charge in [0.2, 0.25) is 5.95 Å². The van der Waals surface area contributed by atoms with Crippen LogP contribution in [0, 0.1) is 11.8 Å². The SMILES string of the molecule is C[C@@H]1CCC[C@H](n2cnc(-c3cc(Cl)ccc3Nc3ncccn3)cc2=O)C2CC(CCN2)C2C(CNN2C)NC1. The highest BCUT2D eigenvalue weighted by molar-refractivity contribution is 6.31. The summed E-state index contributed by atoms with van der Waals surface area (Å²) >= 11 is 6.38. The van der Waals surface area contributed by atoms with Crippen molar-refractivity contribution in [2.75, 3.05) is 32.0 Å². The highest BCUT2D eigenvalue weighted by Gasteiger charge is 2.41. The smallest absolute Gasteiger partial charge is 0.254 e. The van der Waals surface area contributed by atoms with Crippen LogP contribution in [0.5, 0.6) is 0 Å². The van der Waals surface area contributed by atoms with Gasteiger partial charge >= 0.3 is 0 Å². The lowest BCUT2D eigenvalue weighted by molar-refractivity contribution is 0.108. The number of benzene rings is 1. The second-order valence-electron chi connectivity index (χ2n) is 11.8. The zero-order valence-electron chi connectivity index (χ0n) is 23.8. The van der Waals surface area contributed by atoms with Crippen molar-refractivity contribution in [3.05, 3.63) is 64.4 Å². The summed E-state index contributed by atoms with van der Waals surface area (Å²) in [6.45, 7) is 5.27. The number of hydrogen-bond acceptors (Lipinski definition) is 9. The maximum Gasteiger partial charge on any atom is 0.254 e. The Morgan fingerprint density at radius 1 is 1.02 bits per heavy atom. The van der Waals surface area contributed by atoms with Crippen LogP contribution in [0.25, 0.3) is 11.3 Å². The molecule has 2 bridgehead atoms. The van der Waals surface area contributed by atoms with Crippen LogP contribution in [-0.2, 0) is 0 Å². The summed E-state index contributed by atoms with van der Waals surface area (Å²) in [6, 6.07) is 10.0. The van der Waals surface area contributed by atoms with E-state index < -0.39 is 0 Å². The molecule has 4 N–H and O–H groups in total. The standard InChI is InChI=1S/C30H40ClN9O/c1-19-5-3-6-27(25-13-20(9-12-32-25)29-26(35-16-19)17-37-39(29)2)40-18-36-24(15-28(40)41)22-14-21(31)7-8-23(22)38-30-33-10-4-11-34-30/h4,7-8,10-11,14-15,18-20,25-27,29,32,35,37H,3,5-6,9,12-13,16-17H2,1-2H3,(H,33,34,38)/t19-,20?,25?,26?,27+,29?/m1/s1. The second kappa shape index (κ2) is 12.5. The lowest BCUT2D eigenvalue weighted by Gasteiger charge is -2.42. The first-order valence-corrected chi connectivity index (χ1v) is 15.2. The van der Waals surface area contributed by atoms with Gasteiger partial charge in [0.25, 0.3) is 5.56 Å². The summed E-state index contributed by atoms with van der Waals surface area (Å²) in [6.07, 6.45) is 10.4. The molecule has 6 atom stereocenters. The molecule has 0 radical (unpaired) electrons. The van der Waals surface area contributed by atoms with Crippen molar-refractivity contribution in [2.24, 2.45) is 11.8 Å². The molecule has 3 aromatic rings. The minimum Gasteiger partial charge on any atom is -0.324 e. The molecule has 4 unspecified atom stereocenters. The Kier molecular flexibility index (Phi) is 8.64. The zero-order chi connectivity index (χ0) is 28.3. The van der Waals surface area contributed by atoms with Gasteiger partial charge in [-0.25, -0.2) is 20.0 Å². The molecule has 3 fully saturated rings. The molecule has 3 saturated heterocycles. The number of likely N-dealkylation sites (N-methyl/N-ethyl adjacent to an activating group) is 1. The summed E-state index contributed by atoms with van der Waals surface area (Å²) in [5.74, 6) is 1.58. The molecule has 0 aliphatic carbocycles. The molecule has 2 aromatic heterocycles. The Morgan fingerprint density at radius 2 is 1.88 bits per heavy atom. The van der Waals surface area contributed by atoms with E-state index in [0.29, 0.717) is 40.6 Å². The molecule has 0 spiro atoms. The highest BCUT2D eigenvalue weighted by atomic mass is 35.5. The van der Waals surface area contributed by atoms with E-state index in [0.717, 1.165) is 63.0 Å². The minimum atomic E-state index is -0.0508. The number of hydrazine groups is 1. The second-order valence-corrected chi connectivity index (χ2v) is 12.3. The summed E-state index contributed by atoms with van der Waals surface area (Å²) in [5.41, 5.74) is 5.55. The minimum absolute atomic E-state index is 0.0410. The first-order chi connectivity index (χ1) is 20.0. The first-order valence-electron chi connectivity index (χ1n) is 14.8. The van der Waals surface area contributed by atoms with Crippen molar-refractivity contribution < 1.29 is 0 Å². The number of piperidine rings is 1. The van der Waals surface area contributed by atoms with Crippen molar-refractivity contribution in [1.29, 1.82) is 0 Å². The molecule has 1 aromatic carbocycles. The van der Waals surface area contributed by atoms with Crippen molar-refractivity contribution in [3.63, 3.8) is 0 Å². The molecular formula is C30H40ClN9O. The van der Waals surface area contributed by atoms with Gasteiger partial charge in [0.15, 0.2) is 0 Å². The Bertz CT molecular complexity index is 1390. The Hall–Kier alpha value is -2.89. The molecule has 10 nitrogen and oxygen atoms in total. The number of halogens is 1. The van der Waals surface area contributed by atoms with Crippen LogP contribution < -0.4 is 26.9 Å². The third-order valence-electron chi connectivity index (χ3n) is 9.03. The summed E-state index contributed by atoms with van der Waals surface area (Å²) in [4.78, 5) is 27.1. The highest BCUT2D eigenvalue weighted by Crippen LogP contribution is 2.34. The van der Waals surface area contributed by atoms with Gasteiger partial charge in [-0.2, -0.15) is 0 Å². The molecule has 11 heteroatoms. The van der Waals surface area contributed by atoms with Crippen molar-refractivity contribution in [3.8, 4) is 11.3 Å². The van der Waals surface area contributed by atoms with Crippen molar-refractivity contribution >= 4 is 23.2 Å². The number of nitrogens with zero attached hydrogens (tertiary/aromatic N) is 5. The monoisotopic (exact) mass is 577 g/mol. The summed E-state index contributed by atoms with van der Waals surface area (Å²) in [7, 11) is 2.17. The molecule has 5 heterocycles. The van der Waals surface area contributed by atoms with Gasteiger partial charge in [0, 0.05) is 60.8 Å². The van der Waals surface area contributed by atoms with Crippen LogP contribution in [0.4, 0.5) is 11.6 Å². The van der Waals surface area contributed by atoms with Crippen LogP contribution in [0.3, 0.4) is 0 Å². The number of rotatable bonds is 4. The lowest BCUT2D eigenvalue weighted by Crippen LogP contribution is -2.54. The summed E-state index contributed by atoms with van der Waals surface area (Å²) < 4.78 is 1.87. The Morgan fingerprint density at radius 3 is 2.71 bits per heavy atom. The molecule has 0 saturated carbocycles. The van der Waals surface area contributed by atoms with Gasteiger partial charge < -0.3 is 16.0 Å². The fourth-order valence-electron chi connectivity index (χ4n) is 6.95. The van der Waals surface area contributed by atoms with Crippen LogP contribution in [0.15, 0.2) is 53.8 Å². The van der Waals surface area contributed by atoms with Crippen molar-refractivity contribution in [1.82, 2.24) is 40.6 Å². The topological polar surface area (TPSA) is 112 Å². The average molecular weight is 578 g/mol. The maximum atomic E-state index is 13.8. The Labute approximate surface area is 246 Å². The summed E-state index contributed by atoms with van der Waals surface area (Å²) in [5, 5.41) is 13.8.